The minimum atomic E-state index is -4.63. The highest BCUT2D eigenvalue weighted by atomic mass is 32.2. The second-order valence-electron chi connectivity index (χ2n) is 6.66. The van der Waals surface area contributed by atoms with E-state index in [1.54, 1.807) is 0 Å². The van der Waals surface area contributed by atoms with Gasteiger partial charge in [-0.05, 0) is 18.9 Å². The lowest BCUT2D eigenvalue weighted by Crippen LogP contribution is -2.29. The van der Waals surface area contributed by atoms with Crippen LogP contribution in [0.15, 0.2) is 35.6 Å². The van der Waals surface area contributed by atoms with Crippen LogP contribution in [0.4, 0.5) is 24.7 Å². The Labute approximate surface area is 168 Å². The van der Waals surface area contributed by atoms with Crippen molar-refractivity contribution in [3.05, 3.63) is 41.9 Å². The Kier molecular flexibility index (Phi) is 6.60. The predicted molar refractivity (Wildman–Crippen MR) is 103 cm³/mol. The first-order chi connectivity index (χ1) is 13.8. The van der Waals surface area contributed by atoms with E-state index in [0.29, 0.717) is 13.1 Å². The third kappa shape index (κ3) is 5.37. The van der Waals surface area contributed by atoms with Gasteiger partial charge in [0.05, 0.1) is 40.6 Å². The standard InChI is InChI=1S/C18H20F3N5O2S/c19-18(20,21)12-7-15(16(24-9-12)26-5-3-1-2-4-6-26)17(27)25-13-8-14(29(22)28)11-23-10-13/h7-11H,1-6,22H2,(H,25,27). The van der Waals surface area contributed by atoms with E-state index in [4.69, 9.17) is 5.14 Å². The summed E-state index contributed by atoms with van der Waals surface area (Å²) >= 11 is -1.81. The van der Waals surface area contributed by atoms with Gasteiger partial charge in [0.15, 0.2) is 4.90 Å². The highest BCUT2D eigenvalue weighted by Gasteiger charge is 2.33. The van der Waals surface area contributed by atoms with Crippen LogP contribution in [0.5, 0.6) is 0 Å². The summed E-state index contributed by atoms with van der Waals surface area (Å²) < 4.78 is 51.0. The van der Waals surface area contributed by atoms with E-state index in [1.807, 2.05) is 4.90 Å². The number of alkyl halides is 3. The summed E-state index contributed by atoms with van der Waals surface area (Å²) in [4.78, 5) is 22.7. The maximum absolute atomic E-state index is 13.2. The van der Waals surface area contributed by atoms with Crippen LogP contribution < -0.4 is 15.4 Å². The smallest absolute Gasteiger partial charge is 0.417 e. The summed E-state index contributed by atoms with van der Waals surface area (Å²) in [5.74, 6) is -0.548. The lowest BCUT2D eigenvalue weighted by molar-refractivity contribution is -0.137. The molecule has 0 radical (unpaired) electrons. The molecule has 3 rings (SSSR count). The first-order valence-electron chi connectivity index (χ1n) is 9.00. The van der Waals surface area contributed by atoms with Crippen LogP contribution in [0.2, 0.25) is 0 Å². The number of hydrogen-bond donors (Lipinski definition) is 2. The maximum atomic E-state index is 13.2. The van der Waals surface area contributed by atoms with Crippen molar-refractivity contribution < 1.29 is 22.5 Å². The molecule has 156 valence electrons. The van der Waals surface area contributed by atoms with E-state index in [-0.39, 0.29) is 22.0 Å². The van der Waals surface area contributed by atoms with Crippen molar-refractivity contribution in [1.82, 2.24) is 9.97 Å². The number of amides is 1. The van der Waals surface area contributed by atoms with E-state index in [2.05, 4.69) is 15.3 Å². The van der Waals surface area contributed by atoms with Crippen molar-refractivity contribution in [2.45, 2.75) is 36.8 Å². The van der Waals surface area contributed by atoms with Crippen LogP contribution in [0.1, 0.15) is 41.6 Å². The summed E-state index contributed by atoms with van der Waals surface area (Å²) in [6.07, 6.45) is 2.48. The average molecular weight is 427 g/mol. The number of rotatable bonds is 4. The topological polar surface area (TPSA) is 107 Å². The number of halogens is 3. The van der Waals surface area contributed by atoms with Crippen LogP contribution in [-0.4, -0.2) is 33.5 Å². The third-order valence-electron chi connectivity index (χ3n) is 4.55. The number of aromatic nitrogens is 2. The van der Waals surface area contributed by atoms with E-state index in [0.717, 1.165) is 37.9 Å². The van der Waals surface area contributed by atoms with Crippen molar-refractivity contribution in [3.63, 3.8) is 0 Å². The lowest BCUT2D eigenvalue weighted by Gasteiger charge is -2.24. The van der Waals surface area contributed by atoms with Gasteiger partial charge >= 0.3 is 6.18 Å². The minimum absolute atomic E-state index is 0.172. The number of carbonyl (C=O) groups is 1. The molecule has 1 atom stereocenters. The number of pyridine rings is 2. The summed E-state index contributed by atoms with van der Waals surface area (Å²) in [5.41, 5.74) is -1.01. The fourth-order valence-electron chi connectivity index (χ4n) is 3.11. The molecule has 11 heteroatoms. The molecule has 0 bridgehead atoms. The Morgan fingerprint density at radius 3 is 2.45 bits per heavy atom. The Balaban J connectivity index is 1.95. The van der Waals surface area contributed by atoms with Gasteiger partial charge in [-0.15, -0.1) is 5.14 Å². The zero-order valence-electron chi connectivity index (χ0n) is 15.4. The van der Waals surface area contributed by atoms with Crippen molar-refractivity contribution in [2.75, 3.05) is 23.3 Å². The minimum Gasteiger partial charge on any atom is -0.593 e. The van der Waals surface area contributed by atoms with Gasteiger partial charge in [-0.2, -0.15) is 13.2 Å². The van der Waals surface area contributed by atoms with Crippen LogP contribution in [0.3, 0.4) is 0 Å². The molecule has 0 aromatic carbocycles. The molecule has 1 aliphatic rings. The van der Waals surface area contributed by atoms with Gasteiger partial charge in [0.25, 0.3) is 5.91 Å². The van der Waals surface area contributed by atoms with Gasteiger partial charge in [0, 0.05) is 25.4 Å². The number of anilines is 2. The molecule has 7 nitrogen and oxygen atoms in total. The molecule has 2 aromatic heterocycles. The maximum Gasteiger partial charge on any atom is 0.417 e. The largest absolute Gasteiger partial charge is 0.593 e. The summed E-state index contributed by atoms with van der Waals surface area (Å²) in [6, 6.07) is 2.16. The molecule has 1 unspecified atom stereocenters. The Bertz CT molecular complexity index is 871. The third-order valence-corrected chi connectivity index (χ3v) is 5.24. The predicted octanol–water partition coefficient (Wildman–Crippen LogP) is 3.11. The number of nitrogens with zero attached hydrogens (tertiary/aromatic N) is 3. The zero-order chi connectivity index (χ0) is 21.0. The van der Waals surface area contributed by atoms with E-state index in [1.165, 1.54) is 18.5 Å². The van der Waals surface area contributed by atoms with E-state index >= 15 is 0 Å². The van der Waals surface area contributed by atoms with Crippen LogP contribution >= 0.6 is 0 Å². The summed E-state index contributed by atoms with van der Waals surface area (Å²) in [7, 11) is 0. The molecular weight excluding hydrogens is 407 g/mol. The highest BCUT2D eigenvalue weighted by molar-refractivity contribution is 7.89. The average Bonchev–Trinajstić information content (AvgIpc) is 2.96. The van der Waals surface area contributed by atoms with Crippen molar-refractivity contribution in [3.8, 4) is 0 Å². The monoisotopic (exact) mass is 427 g/mol. The summed E-state index contributed by atoms with van der Waals surface area (Å²) in [5, 5.41) is 7.81. The molecule has 2 aromatic rings. The van der Waals surface area contributed by atoms with E-state index in [9.17, 15) is 22.5 Å². The zero-order valence-corrected chi connectivity index (χ0v) is 16.2. The molecule has 1 aliphatic heterocycles. The number of nitrogens with two attached hydrogens (primary N) is 1. The Morgan fingerprint density at radius 2 is 1.83 bits per heavy atom. The normalized spacial score (nSPS) is 16.2. The molecule has 29 heavy (non-hydrogen) atoms. The molecule has 0 spiro atoms. The van der Waals surface area contributed by atoms with Crippen molar-refractivity contribution in [1.29, 1.82) is 0 Å². The Morgan fingerprint density at radius 1 is 1.14 bits per heavy atom. The lowest BCUT2D eigenvalue weighted by atomic mass is 10.1. The molecule has 1 fully saturated rings. The fourth-order valence-corrected chi connectivity index (χ4v) is 3.52. The van der Waals surface area contributed by atoms with Crippen molar-refractivity contribution in [2.24, 2.45) is 5.14 Å². The van der Waals surface area contributed by atoms with Gasteiger partial charge in [0.1, 0.15) is 5.82 Å². The second kappa shape index (κ2) is 8.97. The molecule has 0 saturated carbocycles. The number of hydrogen-bond acceptors (Lipinski definition) is 6. The van der Waals surface area contributed by atoms with E-state index < -0.39 is 29.0 Å². The quantitative estimate of drug-likeness (QED) is 0.726. The first kappa shape index (κ1) is 21.3. The molecular formula is C18H20F3N5O2S. The van der Waals surface area contributed by atoms with Gasteiger partial charge in [-0.1, -0.05) is 12.8 Å². The molecule has 1 amide bonds. The Hall–Kier alpha value is -2.37. The van der Waals surface area contributed by atoms with Crippen LogP contribution in [0.25, 0.3) is 0 Å². The number of carbonyl (C=O) groups excluding carboxylic acids is 1. The molecule has 3 heterocycles. The van der Waals surface area contributed by atoms with Gasteiger partial charge in [-0.25, -0.2) is 4.98 Å². The van der Waals surface area contributed by atoms with Gasteiger partial charge in [0.2, 0.25) is 0 Å². The molecule has 0 aliphatic carbocycles. The molecule has 1 saturated heterocycles. The van der Waals surface area contributed by atoms with Gasteiger partial charge in [-0.3, -0.25) is 9.78 Å². The molecule has 3 N–H and O–H groups in total. The highest BCUT2D eigenvalue weighted by Crippen LogP contribution is 2.32. The SMILES string of the molecule is N[S+]([O-])c1cncc(NC(=O)c2cc(C(F)(F)F)cnc2N2CCCCCC2)c1. The van der Waals surface area contributed by atoms with Crippen LogP contribution in [0, 0.1) is 0 Å². The van der Waals surface area contributed by atoms with Gasteiger partial charge < -0.3 is 14.8 Å². The van der Waals surface area contributed by atoms with Crippen molar-refractivity contribution >= 4 is 28.8 Å². The summed E-state index contributed by atoms with van der Waals surface area (Å²) in [6.45, 7) is 1.23. The van der Waals surface area contributed by atoms with Crippen LogP contribution in [-0.2, 0) is 17.5 Å². The second-order valence-corrected chi connectivity index (χ2v) is 7.72. The fraction of sp³-hybridized carbons (Fsp3) is 0.389. The number of nitrogens with one attached hydrogen (secondary N) is 1. The first-order valence-corrected chi connectivity index (χ1v) is 10.2.